The van der Waals surface area contributed by atoms with Crippen molar-refractivity contribution in [2.75, 3.05) is 65.9 Å². The largest absolute Gasteiger partial charge is 0.378 e. The monoisotopic (exact) mass is 286 g/mol. The molecular weight excluding hydrogens is 256 g/mol. The molecule has 0 bridgehead atoms. The first-order valence-electron chi connectivity index (χ1n) is 8.09. The van der Waals surface area contributed by atoms with Crippen LogP contribution in [0.3, 0.4) is 0 Å². The predicted molar refractivity (Wildman–Crippen MR) is 78.9 cm³/mol. The molecule has 5 nitrogen and oxygen atoms in total. The molecule has 0 aromatic carbocycles. The van der Waals surface area contributed by atoms with Crippen LogP contribution in [0.15, 0.2) is 0 Å². The first-order chi connectivity index (χ1) is 9.90. The quantitative estimate of drug-likeness (QED) is 0.775. The Balaban J connectivity index is 1.78. The zero-order valence-corrected chi connectivity index (χ0v) is 12.9. The van der Waals surface area contributed by atoms with E-state index < -0.39 is 0 Å². The fourth-order valence-corrected chi connectivity index (χ4v) is 3.02. The third-order valence-corrected chi connectivity index (χ3v) is 4.20. The summed E-state index contributed by atoms with van der Waals surface area (Å²) < 4.78 is 16.7. The SMILES string of the molecule is CCOCN1CCCC(N2CCOCCOCC2)CC1. The Morgan fingerprint density at radius 2 is 1.70 bits per heavy atom. The summed E-state index contributed by atoms with van der Waals surface area (Å²) in [6, 6.07) is 0.673. The molecule has 0 saturated carbocycles. The molecule has 0 amide bonds. The lowest BCUT2D eigenvalue weighted by Gasteiger charge is -2.30. The molecule has 2 heterocycles. The average molecular weight is 286 g/mol. The molecule has 2 rings (SSSR count). The average Bonchev–Trinajstić information content (AvgIpc) is 2.61. The minimum absolute atomic E-state index is 0.673. The molecule has 2 saturated heterocycles. The third kappa shape index (κ3) is 5.66. The van der Waals surface area contributed by atoms with Crippen molar-refractivity contribution in [3.8, 4) is 0 Å². The number of hydrogen-bond donors (Lipinski definition) is 0. The lowest BCUT2D eigenvalue weighted by Crippen LogP contribution is -2.40. The van der Waals surface area contributed by atoms with Gasteiger partial charge < -0.3 is 14.2 Å². The second-order valence-corrected chi connectivity index (χ2v) is 5.59. The summed E-state index contributed by atoms with van der Waals surface area (Å²) in [5.74, 6) is 0. The highest BCUT2D eigenvalue weighted by Crippen LogP contribution is 2.17. The molecule has 2 fully saturated rings. The van der Waals surface area contributed by atoms with Crippen LogP contribution in [0, 0.1) is 0 Å². The highest BCUT2D eigenvalue weighted by molar-refractivity contribution is 4.77. The van der Waals surface area contributed by atoms with Gasteiger partial charge in [-0.1, -0.05) is 0 Å². The maximum Gasteiger partial charge on any atom is 0.0990 e. The van der Waals surface area contributed by atoms with Gasteiger partial charge in [0.05, 0.1) is 33.2 Å². The Kier molecular flexibility index (Phi) is 7.83. The van der Waals surface area contributed by atoms with Crippen LogP contribution in [0.5, 0.6) is 0 Å². The second kappa shape index (κ2) is 9.68. The maximum absolute atomic E-state index is 5.58. The van der Waals surface area contributed by atoms with Crippen molar-refractivity contribution in [3.05, 3.63) is 0 Å². The Bertz CT molecular complexity index is 243. The van der Waals surface area contributed by atoms with E-state index in [-0.39, 0.29) is 0 Å². The van der Waals surface area contributed by atoms with Crippen LogP contribution in [0.4, 0.5) is 0 Å². The molecular formula is C15H30N2O3. The van der Waals surface area contributed by atoms with Crippen molar-refractivity contribution in [2.24, 2.45) is 0 Å². The van der Waals surface area contributed by atoms with Gasteiger partial charge in [0.2, 0.25) is 0 Å². The highest BCUT2D eigenvalue weighted by Gasteiger charge is 2.22. The first kappa shape index (κ1) is 16.2. The Morgan fingerprint density at radius 1 is 0.950 bits per heavy atom. The number of hydrogen-bond acceptors (Lipinski definition) is 5. The fourth-order valence-electron chi connectivity index (χ4n) is 3.02. The van der Waals surface area contributed by atoms with E-state index in [1.54, 1.807) is 0 Å². The molecule has 0 N–H and O–H groups in total. The van der Waals surface area contributed by atoms with Crippen molar-refractivity contribution in [3.63, 3.8) is 0 Å². The molecule has 0 aliphatic carbocycles. The van der Waals surface area contributed by atoms with Gasteiger partial charge in [-0.15, -0.1) is 0 Å². The van der Waals surface area contributed by atoms with Gasteiger partial charge in [0.15, 0.2) is 0 Å². The van der Waals surface area contributed by atoms with E-state index in [4.69, 9.17) is 14.2 Å². The van der Waals surface area contributed by atoms with Crippen molar-refractivity contribution in [1.82, 2.24) is 9.80 Å². The first-order valence-corrected chi connectivity index (χ1v) is 8.09. The molecule has 20 heavy (non-hydrogen) atoms. The normalized spacial score (nSPS) is 28.4. The van der Waals surface area contributed by atoms with Gasteiger partial charge in [0.25, 0.3) is 0 Å². The molecule has 2 aliphatic rings. The zero-order valence-electron chi connectivity index (χ0n) is 12.9. The van der Waals surface area contributed by atoms with Crippen molar-refractivity contribution in [2.45, 2.75) is 32.2 Å². The summed E-state index contributed by atoms with van der Waals surface area (Å²) in [7, 11) is 0. The number of rotatable bonds is 4. The van der Waals surface area contributed by atoms with Crippen LogP contribution >= 0.6 is 0 Å². The van der Waals surface area contributed by atoms with Crippen LogP contribution in [-0.2, 0) is 14.2 Å². The van der Waals surface area contributed by atoms with Gasteiger partial charge in [-0.25, -0.2) is 0 Å². The lowest BCUT2D eigenvalue weighted by molar-refractivity contribution is 0.0355. The van der Waals surface area contributed by atoms with Gasteiger partial charge in [-0.05, 0) is 26.2 Å². The Morgan fingerprint density at radius 3 is 2.40 bits per heavy atom. The van der Waals surface area contributed by atoms with E-state index in [2.05, 4.69) is 16.7 Å². The van der Waals surface area contributed by atoms with E-state index in [0.717, 1.165) is 65.9 Å². The van der Waals surface area contributed by atoms with E-state index in [9.17, 15) is 0 Å². The van der Waals surface area contributed by atoms with Crippen LogP contribution in [-0.4, -0.2) is 81.8 Å². The fraction of sp³-hybridized carbons (Fsp3) is 1.00. The molecule has 0 radical (unpaired) electrons. The Hall–Kier alpha value is -0.200. The standard InChI is InChI=1S/C15H30N2O3/c1-2-18-14-16-6-3-4-15(5-7-16)17-8-10-19-12-13-20-11-9-17/h15H,2-14H2,1H3. The molecule has 0 aromatic heterocycles. The van der Waals surface area contributed by atoms with Crippen LogP contribution in [0.2, 0.25) is 0 Å². The number of nitrogens with zero attached hydrogens (tertiary/aromatic N) is 2. The van der Waals surface area contributed by atoms with E-state index >= 15 is 0 Å². The van der Waals surface area contributed by atoms with Crippen LogP contribution in [0.25, 0.3) is 0 Å². The number of ether oxygens (including phenoxy) is 3. The second-order valence-electron chi connectivity index (χ2n) is 5.59. The minimum atomic E-state index is 0.673. The smallest absolute Gasteiger partial charge is 0.0990 e. The lowest BCUT2D eigenvalue weighted by atomic mass is 10.1. The van der Waals surface area contributed by atoms with E-state index in [1.807, 2.05) is 0 Å². The third-order valence-electron chi connectivity index (χ3n) is 4.20. The minimum Gasteiger partial charge on any atom is -0.378 e. The topological polar surface area (TPSA) is 34.2 Å². The maximum atomic E-state index is 5.58. The van der Waals surface area contributed by atoms with Crippen LogP contribution in [0.1, 0.15) is 26.2 Å². The summed E-state index contributed by atoms with van der Waals surface area (Å²) in [6.45, 7) is 11.2. The van der Waals surface area contributed by atoms with E-state index in [0.29, 0.717) is 6.04 Å². The highest BCUT2D eigenvalue weighted by atomic mass is 16.5. The summed E-state index contributed by atoms with van der Waals surface area (Å²) in [4.78, 5) is 5.00. The zero-order chi connectivity index (χ0) is 14.0. The molecule has 5 heteroatoms. The number of likely N-dealkylation sites (tertiary alicyclic amines) is 1. The predicted octanol–water partition coefficient (Wildman–Crippen LogP) is 1.18. The van der Waals surface area contributed by atoms with Gasteiger partial charge in [-0.3, -0.25) is 9.80 Å². The van der Waals surface area contributed by atoms with Gasteiger partial charge >= 0.3 is 0 Å². The summed E-state index contributed by atoms with van der Waals surface area (Å²) in [5.41, 5.74) is 0. The van der Waals surface area contributed by atoms with Gasteiger partial charge in [0, 0.05) is 38.8 Å². The molecule has 1 unspecified atom stereocenters. The van der Waals surface area contributed by atoms with Crippen molar-refractivity contribution < 1.29 is 14.2 Å². The molecule has 0 spiro atoms. The summed E-state index contributed by atoms with van der Waals surface area (Å²) >= 11 is 0. The van der Waals surface area contributed by atoms with Gasteiger partial charge in [0.1, 0.15) is 0 Å². The molecule has 0 aromatic rings. The summed E-state index contributed by atoms with van der Waals surface area (Å²) in [6.07, 6.45) is 3.77. The Labute approximate surface area is 123 Å². The van der Waals surface area contributed by atoms with Gasteiger partial charge in [-0.2, -0.15) is 0 Å². The molecule has 118 valence electrons. The van der Waals surface area contributed by atoms with Crippen molar-refractivity contribution in [1.29, 1.82) is 0 Å². The van der Waals surface area contributed by atoms with Crippen molar-refractivity contribution >= 4 is 0 Å². The molecule has 2 aliphatic heterocycles. The molecule has 1 atom stereocenters. The van der Waals surface area contributed by atoms with E-state index in [1.165, 1.54) is 19.3 Å². The summed E-state index contributed by atoms with van der Waals surface area (Å²) in [5, 5.41) is 0. The van der Waals surface area contributed by atoms with Crippen LogP contribution < -0.4 is 0 Å².